The van der Waals surface area contributed by atoms with Crippen LogP contribution in [0.3, 0.4) is 0 Å². The molecule has 1 unspecified atom stereocenters. The van der Waals surface area contributed by atoms with Crippen LogP contribution < -0.4 is 9.47 Å². The van der Waals surface area contributed by atoms with Crippen LogP contribution in [0.4, 0.5) is 0 Å². The Balaban J connectivity index is 1.78. The van der Waals surface area contributed by atoms with Crippen molar-refractivity contribution >= 4 is 5.91 Å². The van der Waals surface area contributed by atoms with E-state index < -0.39 is 6.04 Å². The number of methoxy groups -OCH3 is 1. The SMILES string of the molecule is CCCCOc1ccc(C2c3c(-c4cc(C)cc(C)c4O)n[nH]c3C(=O)N2CCCOC(C)C)cc1OC. The Kier molecular flexibility index (Phi) is 8.62. The van der Waals surface area contributed by atoms with Crippen molar-refractivity contribution in [1.82, 2.24) is 15.1 Å². The van der Waals surface area contributed by atoms with Crippen LogP contribution in [0.1, 0.15) is 78.8 Å². The molecule has 0 aliphatic carbocycles. The van der Waals surface area contributed by atoms with E-state index in [1.807, 2.05) is 62.9 Å². The summed E-state index contributed by atoms with van der Waals surface area (Å²) in [6.07, 6.45) is 2.81. The Morgan fingerprint density at radius 2 is 1.89 bits per heavy atom. The number of phenolic OH excluding ortho intramolecular Hbond substituents is 1. The van der Waals surface area contributed by atoms with Crippen molar-refractivity contribution in [2.75, 3.05) is 26.9 Å². The highest BCUT2D eigenvalue weighted by Gasteiger charge is 2.42. The Morgan fingerprint density at radius 3 is 2.61 bits per heavy atom. The zero-order valence-electron chi connectivity index (χ0n) is 23.3. The number of hydrogen-bond acceptors (Lipinski definition) is 6. The van der Waals surface area contributed by atoms with Crippen molar-refractivity contribution in [3.05, 3.63) is 58.3 Å². The molecule has 0 saturated carbocycles. The molecule has 8 nitrogen and oxygen atoms in total. The van der Waals surface area contributed by atoms with Gasteiger partial charge in [0.25, 0.3) is 5.91 Å². The van der Waals surface area contributed by atoms with E-state index in [0.717, 1.165) is 35.1 Å². The smallest absolute Gasteiger partial charge is 0.273 e. The van der Waals surface area contributed by atoms with E-state index in [1.165, 1.54) is 0 Å². The lowest BCUT2D eigenvalue weighted by Crippen LogP contribution is -2.31. The number of fused-ring (bicyclic) bond motifs is 1. The number of rotatable bonds is 12. The third-order valence-corrected chi connectivity index (χ3v) is 6.82. The van der Waals surface area contributed by atoms with Crippen molar-refractivity contribution in [1.29, 1.82) is 0 Å². The van der Waals surface area contributed by atoms with Gasteiger partial charge in [-0.25, -0.2) is 0 Å². The summed E-state index contributed by atoms with van der Waals surface area (Å²) in [6.45, 7) is 11.6. The van der Waals surface area contributed by atoms with Gasteiger partial charge in [0, 0.05) is 24.3 Å². The molecular formula is C30H39N3O5. The minimum Gasteiger partial charge on any atom is -0.507 e. The number of benzene rings is 2. The van der Waals surface area contributed by atoms with Crippen LogP contribution in [0, 0.1) is 13.8 Å². The van der Waals surface area contributed by atoms with E-state index in [0.29, 0.717) is 54.6 Å². The monoisotopic (exact) mass is 521 g/mol. The Bertz CT molecular complexity index is 1280. The maximum atomic E-state index is 13.7. The minimum absolute atomic E-state index is 0.126. The molecule has 38 heavy (non-hydrogen) atoms. The lowest BCUT2D eigenvalue weighted by atomic mass is 9.94. The third kappa shape index (κ3) is 5.50. The summed E-state index contributed by atoms with van der Waals surface area (Å²) in [6, 6.07) is 9.24. The number of carbonyl (C=O) groups excluding carboxylic acids is 1. The number of carbonyl (C=O) groups is 1. The van der Waals surface area contributed by atoms with Crippen molar-refractivity contribution < 1.29 is 24.1 Å². The molecule has 1 atom stereocenters. The molecule has 3 aromatic rings. The molecule has 1 amide bonds. The predicted molar refractivity (Wildman–Crippen MR) is 147 cm³/mol. The largest absolute Gasteiger partial charge is 0.507 e. The van der Waals surface area contributed by atoms with Gasteiger partial charge < -0.3 is 24.2 Å². The maximum Gasteiger partial charge on any atom is 0.273 e. The molecule has 204 valence electrons. The molecule has 0 spiro atoms. The second-order valence-corrected chi connectivity index (χ2v) is 10.1. The van der Waals surface area contributed by atoms with E-state index in [9.17, 15) is 9.90 Å². The summed E-state index contributed by atoms with van der Waals surface area (Å²) < 4.78 is 17.4. The molecule has 0 fully saturated rings. The number of nitrogens with one attached hydrogen (secondary N) is 1. The second kappa shape index (κ2) is 11.9. The third-order valence-electron chi connectivity index (χ3n) is 6.82. The fourth-order valence-electron chi connectivity index (χ4n) is 4.97. The van der Waals surface area contributed by atoms with Crippen molar-refractivity contribution in [3.8, 4) is 28.5 Å². The number of aromatic nitrogens is 2. The van der Waals surface area contributed by atoms with Crippen LogP contribution in [-0.4, -0.2) is 59.1 Å². The zero-order valence-corrected chi connectivity index (χ0v) is 23.3. The van der Waals surface area contributed by atoms with Crippen molar-refractivity contribution in [3.63, 3.8) is 0 Å². The van der Waals surface area contributed by atoms with Gasteiger partial charge in [0.15, 0.2) is 11.5 Å². The molecule has 1 aliphatic rings. The van der Waals surface area contributed by atoms with Crippen LogP contribution in [0.5, 0.6) is 17.2 Å². The quantitative estimate of drug-likeness (QED) is 0.286. The van der Waals surface area contributed by atoms with Gasteiger partial charge in [-0.2, -0.15) is 5.10 Å². The number of aryl methyl sites for hydroxylation is 2. The maximum absolute atomic E-state index is 13.7. The van der Waals surface area contributed by atoms with Crippen LogP contribution in [0.25, 0.3) is 11.3 Å². The fraction of sp³-hybridized carbons (Fsp3) is 0.467. The highest BCUT2D eigenvalue weighted by molar-refractivity contribution is 6.00. The first kappa shape index (κ1) is 27.5. The first-order valence-electron chi connectivity index (χ1n) is 13.4. The predicted octanol–water partition coefficient (Wildman–Crippen LogP) is 5.95. The first-order valence-corrected chi connectivity index (χ1v) is 13.4. The summed E-state index contributed by atoms with van der Waals surface area (Å²) in [5.74, 6) is 1.32. The minimum atomic E-state index is -0.413. The number of H-pyrrole nitrogens is 1. The van der Waals surface area contributed by atoms with Gasteiger partial charge in [0.2, 0.25) is 0 Å². The van der Waals surface area contributed by atoms with Gasteiger partial charge in [-0.1, -0.05) is 25.5 Å². The number of aromatic amines is 1. The standard InChI is InChI=1S/C30H39N3O5/c1-7-8-13-38-23-11-10-21(17-24(23)36-6)28-25-26(22-16-19(4)15-20(5)29(22)34)31-32-27(25)30(35)33(28)12-9-14-37-18(2)3/h10-11,15-18,28,34H,7-9,12-14H2,1-6H3,(H,31,32). The van der Waals surface area contributed by atoms with Crippen LogP contribution >= 0.6 is 0 Å². The van der Waals surface area contributed by atoms with Crippen molar-refractivity contribution in [2.45, 2.75) is 66.0 Å². The highest BCUT2D eigenvalue weighted by atomic mass is 16.5. The topological polar surface area (TPSA) is 96.9 Å². The van der Waals surface area contributed by atoms with Crippen LogP contribution in [0.15, 0.2) is 30.3 Å². The number of hydrogen-bond donors (Lipinski definition) is 2. The van der Waals surface area contributed by atoms with E-state index in [2.05, 4.69) is 17.1 Å². The molecule has 0 radical (unpaired) electrons. The van der Waals surface area contributed by atoms with E-state index in [1.54, 1.807) is 7.11 Å². The molecule has 8 heteroatoms. The molecule has 1 aliphatic heterocycles. The van der Waals surface area contributed by atoms with E-state index in [-0.39, 0.29) is 17.8 Å². The number of unbranched alkanes of at least 4 members (excludes halogenated alkanes) is 1. The summed E-state index contributed by atoms with van der Waals surface area (Å²) in [5.41, 5.74) is 5.02. The van der Waals surface area contributed by atoms with Crippen molar-refractivity contribution in [2.24, 2.45) is 0 Å². The van der Waals surface area contributed by atoms with E-state index in [4.69, 9.17) is 14.2 Å². The second-order valence-electron chi connectivity index (χ2n) is 10.1. The molecule has 1 aromatic heterocycles. The first-order chi connectivity index (χ1) is 18.3. The Hall–Kier alpha value is -3.52. The Labute approximate surface area is 224 Å². The summed E-state index contributed by atoms with van der Waals surface area (Å²) >= 11 is 0. The molecule has 0 bridgehead atoms. The fourth-order valence-corrected chi connectivity index (χ4v) is 4.97. The highest BCUT2D eigenvalue weighted by Crippen LogP contribution is 2.46. The average Bonchev–Trinajstić information content (AvgIpc) is 3.43. The summed E-state index contributed by atoms with van der Waals surface area (Å²) in [4.78, 5) is 15.5. The number of aromatic hydroxyl groups is 1. The van der Waals surface area contributed by atoms with Gasteiger partial charge in [-0.3, -0.25) is 9.89 Å². The Morgan fingerprint density at radius 1 is 1.11 bits per heavy atom. The summed E-state index contributed by atoms with van der Waals surface area (Å²) in [5, 5.41) is 18.5. The molecule has 4 rings (SSSR count). The number of phenols is 1. The normalized spacial score (nSPS) is 14.9. The van der Waals surface area contributed by atoms with Gasteiger partial charge in [0.05, 0.1) is 25.9 Å². The molecule has 0 saturated heterocycles. The molecule has 2 heterocycles. The van der Waals surface area contributed by atoms with Gasteiger partial charge >= 0.3 is 0 Å². The number of nitrogens with zero attached hydrogens (tertiary/aromatic N) is 2. The zero-order chi connectivity index (χ0) is 27.4. The van der Waals surface area contributed by atoms with Gasteiger partial charge in [-0.15, -0.1) is 0 Å². The van der Waals surface area contributed by atoms with Gasteiger partial charge in [0.1, 0.15) is 17.1 Å². The molecule has 2 aromatic carbocycles. The van der Waals surface area contributed by atoms with Crippen LogP contribution in [-0.2, 0) is 4.74 Å². The number of amides is 1. The molecule has 2 N–H and O–H groups in total. The molecular weight excluding hydrogens is 482 g/mol. The number of ether oxygens (including phenoxy) is 3. The van der Waals surface area contributed by atoms with Crippen LogP contribution in [0.2, 0.25) is 0 Å². The lowest BCUT2D eigenvalue weighted by Gasteiger charge is -2.27. The summed E-state index contributed by atoms with van der Waals surface area (Å²) in [7, 11) is 1.62. The average molecular weight is 522 g/mol. The lowest BCUT2D eigenvalue weighted by molar-refractivity contribution is 0.0601. The van der Waals surface area contributed by atoms with Gasteiger partial charge in [-0.05, 0) is 75.4 Å². The van der Waals surface area contributed by atoms with E-state index >= 15 is 0 Å².